The molecule has 0 N–H and O–H groups in total. The number of rotatable bonds is 3. The van der Waals surface area contributed by atoms with Crippen molar-refractivity contribution in [1.82, 2.24) is 9.55 Å². The lowest BCUT2D eigenvalue weighted by Crippen LogP contribution is -2.32. The Labute approximate surface area is 185 Å². The fourth-order valence-electron chi connectivity index (χ4n) is 4.38. The summed E-state index contributed by atoms with van der Waals surface area (Å²) in [6.45, 7) is 0. The minimum absolute atomic E-state index is 0.181. The van der Waals surface area contributed by atoms with Gasteiger partial charge in [0.15, 0.2) is 5.57 Å². The number of nitrogens with zero attached hydrogens (tertiary/aromatic N) is 2. The van der Waals surface area contributed by atoms with Gasteiger partial charge in [0.1, 0.15) is 0 Å². The predicted molar refractivity (Wildman–Crippen MR) is 126 cm³/mol. The van der Waals surface area contributed by atoms with Crippen molar-refractivity contribution in [2.24, 2.45) is 0 Å². The van der Waals surface area contributed by atoms with Gasteiger partial charge < -0.3 is 4.57 Å². The third-order valence-electron chi connectivity index (χ3n) is 5.83. The van der Waals surface area contributed by atoms with Gasteiger partial charge in [0.2, 0.25) is 17.0 Å². The fourth-order valence-corrected chi connectivity index (χ4v) is 8.70. The monoisotopic (exact) mass is 456 g/mol. The average molecular weight is 456 g/mol. The smallest absolute Gasteiger partial charge is 0.210 e. The quantitative estimate of drug-likeness (QED) is 0.380. The normalized spacial score (nSPS) is 14.2. The number of hydrogen-bond donors (Lipinski definition) is 0. The Bertz CT molecular complexity index is 1620. The van der Waals surface area contributed by atoms with E-state index in [1.807, 2.05) is 60.7 Å². The van der Waals surface area contributed by atoms with Crippen LogP contribution in [0, 0.1) is 0 Å². The van der Waals surface area contributed by atoms with Crippen LogP contribution in [0.15, 0.2) is 113 Å². The second-order valence-corrected chi connectivity index (χ2v) is 12.2. The van der Waals surface area contributed by atoms with E-state index in [0.717, 1.165) is 0 Å². The maximum atomic E-state index is 15.0. The van der Waals surface area contributed by atoms with Crippen LogP contribution < -0.4 is 16.2 Å². The Morgan fingerprint density at radius 3 is 1.88 bits per heavy atom. The van der Waals surface area contributed by atoms with Gasteiger partial charge in [-0.15, -0.1) is 0 Å². The molecule has 156 valence electrons. The largest absolute Gasteiger partial charge is 0.305 e. The number of benzene rings is 4. The molecular formula is C25H17N2O3PS. The molecular weight excluding hydrogens is 439 g/mol. The number of imidazole rings is 1. The van der Waals surface area contributed by atoms with E-state index in [-0.39, 0.29) is 9.79 Å². The molecule has 0 bridgehead atoms. The molecule has 5 aromatic rings. The van der Waals surface area contributed by atoms with Crippen molar-refractivity contribution in [3.63, 3.8) is 0 Å². The molecule has 1 aromatic heterocycles. The Morgan fingerprint density at radius 1 is 0.656 bits per heavy atom. The van der Waals surface area contributed by atoms with Crippen LogP contribution in [0.3, 0.4) is 0 Å². The van der Waals surface area contributed by atoms with Crippen molar-refractivity contribution in [2.45, 2.75) is 9.79 Å². The number of aromatic nitrogens is 2. The first kappa shape index (κ1) is 19.2. The predicted octanol–water partition coefficient (Wildman–Crippen LogP) is 3.81. The highest BCUT2D eigenvalue weighted by atomic mass is 32.2. The highest BCUT2D eigenvalue weighted by molar-refractivity contribution is 7.92. The fraction of sp³-hybridized carbons (Fsp3) is 0. The molecule has 1 aliphatic rings. The maximum absolute atomic E-state index is 15.0. The van der Waals surface area contributed by atoms with Gasteiger partial charge in [-0.25, -0.2) is 13.4 Å². The first-order valence-electron chi connectivity index (χ1n) is 10.1. The molecule has 0 fully saturated rings. The molecule has 0 unspecified atom stereocenters. The highest BCUT2D eigenvalue weighted by Crippen LogP contribution is 2.46. The van der Waals surface area contributed by atoms with Crippen LogP contribution in [-0.4, -0.2) is 18.0 Å². The summed E-state index contributed by atoms with van der Waals surface area (Å²) < 4.78 is 43.6. The second kappa shape index (κ2) is 6.76. The minimum Gasteiger partial charge on any atom is -0.305 e. The van der Waals surface area contributed by atoms with Crippen molar-refractivity contribution >= 4 is 44.2 Å². The molecule has 1 aliphatic heterocycles. The van der Waals surface area contributed by atoms with Gasteiger partial charge in [0, 0.05) is 10.6 Å². The first-order valence-corrected chi connectivity index (χ1v) is 13.3. The lowest BCUT2D eigenvalue weighted by atomic mass is 10.2. The molecule has 0 spiro atoms. The van der Waals surface area contributed by atoms with Crippen molar-refractivity contribution in [3.05, 3.63) is 103 Å². The van der Waals surface area contributed by atoms with E-state index >= 15 is 4.57 Å². The zero-order valence-electron chi connectivity index (χ0n) is 16.8. The third kappa shape index (κ3) is 2.48. The Kier molecular flexibility index (Phi) is 4.06. The molecule has 4 aromatic carbocycles. The van der Waals surface area contributed by atoms with Gasteiger partial charge in [-0.1, -0.05) is 78.9 Å². The summed E-state index contributed by atoms with van der Waals surface area (Å²) in [5.41, 5.74) is 1.78. The van der Waals surface area contributed by atoms with Gasteiger partial charge >= 0.3 is 0 Å². The van der Waals surface area contributed by atoms with Gasteiger partial charge in [-0.05, 0) is 24.3 Å². The van der Waals surface area contributed by atoms with E-state index < -0.39 is 17.0 Å². The van der Waals surface area contributed by atoms with Crippen LogP contribution in [0.4, 0.5) is 0 Å². The molecule has 5 nitrogen and oxygen atoms in total. The van der Waals surface area contributed by atoms with Crippen molar-refractivity contribution in [3.8, 4) is 5.69 Å². The van der Waals surface area contributed by atoms with E-state index in [1.165, 1.54) is 0 Å². The first-order chi connectivity index (χ1) is 15.5. The van der Waals surface area contributed by atoms with Crippen LogP contribution in [-0.2, 0) is 14.4 Å². The van der Waals surface area contributed by atoms with Crippen LogP contribution >= 0.6 is 7.14 Å². The number of para-hydroxylation sites is 2. The molecule has 0 aliphatic carbocycles. The van der Waals surface area contributed by atoms with E-state index in [2.05, 4.69) is 0 Å². The summed E-state index contributed by atoms with van der Waals surface area (Å²) in [5, 5.41) is 1.29. The molecule has 6 rings (SSSR count). The molecule has 0 saturated carbocycles. The van der Waals surface area contributed by atoms with E-state index in [1.54, 1.807) is 47.0 Å². The molecule has 0 amide bonds. The van der Waals surface area contributed by atoms with E-state index in [0.29, 0.717) is 32.9 Å². The van der Waals surface area contributed by atoms with Gasteiger partial charge in [-0.3, -0.25) is 4.57 Å². The van der Waals surface area contributed by atoms with Gasteiger partial charge in [0.05, 0.1) is 26.5 Å². The second-order valence-electron chi connectivity index (χ2n) is 7.62. The topological polar surface area (TPSA) is 69.0 Å². The lowest BCUT2D eigenvalue weighted by molar-refractivity contribution is 0.589. The summed E-state index contributed by atoms with van der Waals surface area (Å²) in [7, 11) is -7.15. The summed E-state index contributed by atoms with van der Waals surface area (Å²) in [4.78, 5) is 5.18. The van der Waals surface area contributed by atoms with E-state index in [9.17, 15) is 8.42 Å². The van der Waals surface area contributed by atoms with E-state index in [4.69, 9.17) is 4.98 Å². The molecule has 7 heteroatoms. The molecule has 32 heavy (non-hydrogen) atoms. The zero-order chi connectivity index (χ0) is 21.9. The number of fused-ring (bicyclic) bond motifs is 2. The van der Waals surface area contributed by atoms with Crippen LogP contribution in [0.2, 0.25) is 0 Å². The summed E-state index contributed by atoms with van der Waals surface area (Å²) in [5.74, 6) is 0. The summed E-state index contributed by atoms with van der Waals surface area (Å²) in [6.07, 6.45) is 0. The van der Waals surface area contributed by atoms with Crippen LogP contribution in [0.5, 0.6) is 0 Å². The zero-order valence-corrected chi connectivity index (χ0v) is 18.5. The SMILES string of the molecule is O=P(c1ccccc1)(c1ccccc1)c1nc2cccc3c2n1-c1ccccc1S3(=O)=O. The van der Waals surface area contributed by atoms with Gasteiger partial charge in [-0.2, -0.15) is 0 Å². The number of hydrogen-bond acceptors (Lipinski definition) is 4. The molecule has 2 heterocycles. The average Bonchev–Trinajstić information content (AvgIpc) is 3.24. The number of sulfone groups is 1. The van der Waals surface area contributed by atoms with Crippen LogP contribution in [0.1, 0.15) is 0 Å². The Balaban J connectivity index is 1.82. The molecule has 0 saturated heterocycles. The molecule has 0 radical (unpaired) electrons. The van der Waals surface area contributed by atoms with Gasteiger partial charge in [0.25, 0.3) is 0 Å². The summed E-state index contributed by atoms with van der Waals surface area (Å²) >= 11 is 0. The van der Waals surface area contributed by atoms with Crippen molar-refractivity contribution < 1.29 is 13.0 Å². The van der Waals surface area contributed by atoms with Crippen molar-refractivity contribution in [1.29, 1.82) is 0 Å². The third-order valence-corrected chi connectivity index (χ3v) is 10.6. The standard InChI is InChI=1S/C25H17N2O3PS/c28-31(18-10-3-1-4-11-18,19-12-5-2-6-13-19)25-26-20-14-9-17-23-24(20)27(25)21-15-7-8-16-22(21)32(23,29)30/h1-17H. The lowest BCUT2D eigenvalue weighted by Gasteiger charge is -2.24. The molecule has 0 atom stereocenters. The Hall–Kier alpha value is -3.47. The van der Waals surface area contributed by atoms with Crippen molar-refractivity contribution in [2.75, 3.05) is 0 Å². The van der Waals surface area contributed by atoms with Crippen LogP contribution in [0.25, 0.3) is 16.7 Å². The highest BCUT2D eigenvalue weighted by Gasteiger charge is 2.40. The Morgan fingerprint density at radius 2 is 1.22 bits per heavy atom. The summed E-state index contributed by atoms with van der Waals surface area (Å²) in [6, 6.07) is 30.4. The maximum Gasteiger partial charge on any atom is 0.210 e. The minimum atomic E-state index is -3.72.